The first kappa shape index (κ1) is 15.5. The van der Waals surface area contributed by atoms with Crippen LogP contribution >= 0.6 is 11.6 Å². The van der Waals surface area contributed by atoms with Gasteiger partial charge in [0.05, 0.1) is 0 Å². The second kappa shape index (κ2) is 7.19. The van der Waals surface area contributed by atoms with E-state index in [1.807, 2.05) is 12.1 Å². The number of nitrogens with two attached hydrogens (primary N) is 1. The highest BCUT2D eigenvalue weighted by Crippen LogP contribution is 2.40. The van der Waals surface area contributed by atoms with E-state index in [1.54, 1.807) is 0 Å². The molecule has 0 aliphatic carbocycles. The molecule has 0 amide bonds. The number of fused-ring (bicyclic) bond motifs is 1. The maximum Gasteiger partial charge on any atom is 0.162 e. The van der Waals surface area contributed by atoms with Crippen molar-refractivity contribution in [2.75, 3.05) is 13.2 Å². The van der Waals surface area contributed by atoms with Gasteiger partial charge < -0.3 is 15.2 Å². The highest BCUT2D eigenvalue weighted by Gasteiger charge is 2.23. The van der Waals surface area contributed by atoms with Gasteiger partial charge in [-0.1, -0.05) is 38.3 Å². The van der Waals surface area contributed by atoms with E-state index >= 15 is 0 Å². The first-order chi connectivity index (χ1) is 9.67. The average molecular weight is 298 g/mol. The summed E-state index contributed by atoms with van der Waals surface area (Å²) in [7, 11) is 0. The van der Waals surface area contributed by atoms with E-state index in [0.717, 1.165) is 42.7 Å². The second-order valence-electron chi connectivity index (χ2n) is 5.38. The largest absolute Gasteiger partial charge is 0.486 e. The van der Waals surface area contributed by atoms with Crippen LogP contribution in [0.1, 0.15) is 51.1 Å². The molecule has 1 heterocycles. The van der Waals surface area contributed by atoms with Crippen molar-refractivity contribution in [3.05, 3.63) is 22.7 Å². The SMILES string of the molecule is CCCC(CCC)C(N)c1cc2c(cc1Cl)OCCO2. The number of benzene rings is 1. The van der Waals surface area contributed by atoms with Crippen LogP contribution in [-0.4, -0.2) is 13.2 Å². The molecule has 2 N–H and O–H groups in total. The molecule has 112 valence electrons. The van der Waals surface area contributed by atoms with Gasteiger partial charge in [0.15, 0.2) is 11.5 Å². The lowest BCUT2D eigenvalue weighted by molar-refractivity contribution is 0.171. The molecule has 3 nitrogen and oxygen atoms in total. The normalized spacial score (nSPS) is 15.4. The minimum absolute atomic E-state index is 0.0433. The van der Waals surface area contributed by atoms with Gasteiger partial charge in [-0.3, -0.25) is 0 Å². The quantitative estimate of drug-likeness (QED) is 0.850. The topological polar surface area (TPSA) is 44.5 Å². The van der Waals surface area contributed by atoms with E-state index in [2.05, 4.69) is 13.8 Å². The van der Waals surface area contributed by atoms with Crippen molar-refractivity contribution in [2.45, 2.75) is 45.6 Å². The van der Waals surface area contributed by atoms with Crippen LogP contribution in [0.5, 0.6) is 11.5 Å². The Morgan fingerprint density at radius 3 is 2.20 bits per heavy atom. The third kappa shape index (κ3) is 3.39. The van der Waals surface area contributed by atoms with Gasteiger partial charge in [0.25, 0.3) is 0 Å². The fraction of sp³-hybridized carbons (Fsp3) is 0.625. The highest BCUT2D eigenvalue weighted by molar-refractivity contribution is 6.31. The predicted octanol–water partition coefficient (Wildman–Crippen LogP) is 4.33. The van der Waals surface area contributed by atoms with Gasteiger partial charge in [-0.15, -0.1) is 0 Å². The first-order valence-corrected chi connectivity index (χ1v) is 7.89. The van der Waals surface area contributed by atoms with E-state index < -0.39 is 0 Å². The summed E-state index contributed by atoms with van der Waals surface area (Å²) < 4.78 is 11.2. The van der Waals surface area contributed by atoms with Crippen LogP contribution in [-0.2, 0) is 0 Å². The third-order valence-electron chi connectivity index (χ3n) is 3.85. The van der Waals surface area contributed by atoms with Crippen molar-refractivity contribution in [1.29, 1.82) is 0 Å². The summed E-state index contributed by atoms with van der Waals surface area (Å²) in [6, 6.07) is 3.75. The molecule has 0 saturated carbocycles. The van der Waals surface area contributed by atoms with Gasteiger partial charge in [-0.2, -0.15) is 0 Å². The molecule has 0 bridgehead atoms. The standard InChI is InChI=1S/C16H24ClNO2/c1-3-5-11(6-4-2)16(18)12-9-14-15(10-13(12)17)20-8-7-19-14/h9-11,16H,3-8,18H2,1-2H3. The fourth-order valence-corrected chi connectivity index (χ4v) is 3.11. The Hall–Kier alpha value is -0.930. The van der Waals surface area contributed by atoms with Crippen molar-refractivity contribution < 1.29 is 9.47 Å². The zero-order chi connectivity index (χ0) is 14.5. The molecule has 20 heavy (non-hydrogen) atoms. The molecule has 1 unspecified atom stereocenters. The van der Waals surface area contributed by atoms with Crippen molar-refractivity contribution in [3.63, 3.8) is 0 Å². The zero-order valence-corrected chi connectivity index (χ0v) is 13.1. The summed E-state index contributed by atoms with van der Waals surface area (Å²) in [6.07, 6.45) is 4.53. The lowest BCUT2D eigenvalue weighted by Gasteiger charge is -2.26. The lowest BCUT2D eigenvalue weighted by Crippen LogP contribution is -2.23. The number of halogens is 1. The zero-order valence-electron chi connectivity index (χ0n) is 12.3. The van der Waals surface area contributed by atoms with Gasteiger partial charge in [-0.25, -0.2) is 0 Å². The summed E-state index contributed by atoms with van der Waals surface area (Å²) in [5.74, 6) is 1.95. The van der Waals surface area contributed by atoms with Crippen molar-refractivity contribution >= 4 is 11.6 Å². The monoisotopic (exact) mass is 297 g/mol. The van der Waals surface area contributed by atoms with Crippen LogP contribution < -0.4 is 15.2 Å². The molecule has 0 aromatic heterocycles. The number of hydrogen-bond acceptors (Lipinski definition) is 3. The number of hydrogen-bond donors (Lipinski definition) is 1. The predicted molar refractivity (Wildman–Crippen MR) is 82.7 cm³/mol. The highest BCUT2D eigenvalue weighted by atomic mass is 35.5. The summed E-state index contributed by atoms with van der Waals surface area (Å²) in [5.41, 5.74) is 7.44. The molecule has 0 saturated heterocycles. The van der Waals surface area contributed by atoms with Crippen molar-refractivity contribution in [1.82, 2.24) is 0 Å². The van der Waals surface area contributed by atoms with Crippen LogP contribution in [0.25, 0.3) is 0 Å². The minimum atomic E-state index is -0.0433. The molecule has 1 atom stereocenters. The van der Waals surface area contributed by atoms with E-state index in [4.69, 9.17) is 26.8 Å². The molecule has 1 aromatic carbocycles. The Morgan fingerprint density at radius 1 is 1.10 bits per heavy atom. The van der Waals surface area contributed by atoms with Gasteiger partial charge in [0.1, 0.15) is 13.2 Å². The summed E-state index contributed by atoms with van der Waals surface area (Å²) >= 11 is 6.38. The van der Waals surface area contributed by atoms with Crippen LogP contribution in [0.3, 0.4) is 0 Å². The van der Waals surface area contributed by atoms with Gasteiger partial charge in [0.2, 0.25) is 0 Å². The van der Waals surface area contributed by atoms with Crippen LogP contribution in [0.15, 0.2) is 12.1 Å². The summed E-state index contributed by atoms with van der Waals surface area (Å²) in [6.45, 7) is 5.54. The Balaban J connectivity index is 2.25. The summed E-state index contributed by atoms with van der Waals surface area (Å²) in [4.78, 5) is 0. The Labute approximate surface area is 126 Å². The molecule has 1 aliphatic heterocycles. The van der Waals surface area contributed by atoms with E-state index in [1.165, 1.54) is 0 Å². The molecule has 0 spiro atoms. The lowest BCUT2D eigenvalue weighted by atomic mass is 9.86. The van der Waals surface area contributed by atoms with Crippen LogP contribution in [0.2, 0.25) is 5.02 Å². The van der Waals surface area contributed by atoms with Gasteiger partial charge in [0, 0.05) is 17.1 Å². The summed E-state index contributed by atoms with van der Waals surface area (Å²) in [5, 5.41) is 0.680. The maximum absolute atomic E-state index is 6.46. The van der Waals surface area contributed by atoms with Crippen LogP contribution in [0.4, 0.5) is 0 Å². The third-order valence-corrected chi connectivity index (χ3v) is 4.17. The smallest absolute Gasteiger partial charge is 0.162 e. The molecule has 2 rings (SSSR count). The van der Waals surface area contributed by atoms with E-state index in [9.17, 15) is 0 Å². The maximum atomic E-state index is 6.46. The van der Waals surface area contributed by atoms with Crippen molar-refractivity contribution in [3.8, 4) is 11.5 Å². The molecular weight excluding hydrogens is 274 g/mol. The molecular formula is C16H24ClNO2. The number of ether oxygens (including phenoxy) is 2. The van der Waals surface area contributed by atoms with Gasteiger partial charge in [-0.05, 0) is 30.4 Å². The minimum Gasteiger partial charge on any atom is -0.486 e. The van der Waals surface area contributed by atoms with E-state index in [-0.39, 0.29) is 6.04 Å². The number of rotatable bonds is 6. The van der Waals surface area contributed by atoms with Gasteiger partial charge >= 0.3 is 0 Å². The molecule has 0 radical (unpaired) electrons. The Morgan fingerprint density at radius 2 is 1.65 bits per heavy atom. The second-order valence-corrected chi connectivity index (χ2v) is 5.79. The fourth-order valence-electron chi connectivity index (χ4n) is 2.83. The molecule has 0 fully saturated rings. The molecule has 1 aliphatic rings. The molecule has 1 aromatic rings. The first-order valence-electron chi connectivity index (χ1n) is 7.52. The Kier molecular flexibility index (Phi) is 5.55. The molecule has 4 heteroatoms. The van der Waals surface area contributed by atoms with E-state index in [0.29, 0.717) is 24.2 Å². The van der Waals surface area contributed by atoms with Crippen molar-refractivity contribution in [2.24, 2.45) is 11.7 Å². The average Bonchev–Trinajstić information content (AvgIpc) is 2.45. The Bertz CT molecular complexity index is 444. The van der Waals surface area contributed by atoms with Crippen LogP contribution in [0, 0.1) is 5.92 Å².